The standard InChI is InChI=1S/C17H23N3O2/c1-13(20-10-7-19(8-11-20)9-12-20)17(22)18-16-5-3-15(4-6-16)14(2)21/h3-6,13H,7-12H2,1-2H3/p+1/t13-/m0/s1. The molecular weight excluding hydrogens is 278 g/mol. The number of carbonyl (C=O) groups is 2. The first-order valence-corrected chi connectivity index (χ1v) is 8.00. The van der Waals surface area contributed by atoms with Crippen LogP contribution in [0.3, 0.4) is 0 Å². The van der Waals surface area contributed by atoms with Gasteiger partial charge in [-0.15, -0.1) is 0 Å². The van der Waals surface area contributed by atoms with Gasteiger partial charge < -0.3 is 9.80 Å². The Morgan fingerprint density at radius 3 is 2.14 bits per heavy atom. The molecule has 3 heterocycles. The summed E-state index contributed by atoms with van der Waals surface area (Å²) in [4.78, 5) is 26.4. The molecule has 118 valence electrons. The summed E-state index contributed by atoms with van der Waals surface area (Å²) in [5.41, 5.74) is 1.43. The minimum atomic E-state index is -0.0325. The molecule has 5 nitrogen and oxygen atoms in total. The van der Waals surface area contributed by atoms with Gasteiger partial charge in [-0.1, -0.05) is 0 Å². The number of amides is 1. The highest BCUT2D eigenvalue weighted by Crippen LogP contribution is 2.24. The molecule has 1 atom stereocenters. The molecule has 0 aliphatic carbocycles. The number of ketones is 1. The van der Waals surface area contributed by atoms with Crippen molar-refractivity contribution in [3.8, 4) is 0 Å². The highest BCUT2D eigenvalue weighted by atomic mass is 16.2. The maximum atomic E-state index is 12.6. The molecule has 1 N–H and O–H groups in total. The molecule has 1 amide bonds. The number of nitrogens with zero attached hydrogens (tertiary/aromatic N) is 2. The summed E-state index contributed by atoms with van der Waals surface area (Å²) in [5, 5.41) is 3.00. The number of benzene rings is 1. The van der Waals surface area contributed by atoms with Crippen LogP contribution >= 0.6 is 0 Å². The van der Waals surface area contributed by atoms with Crippen molar-refractivity contribution in [2.45, 2.75) is 19.9 Å². The normalized spacial score (nSPS) is 28.2. The number of Topliss-reactive ketones (excluding diaryl/α,β-unsaturated/α-hetero) is 1. The molecule has 1 aromatic rings. The summed E-state index contributed by atoms with van der Waals surface area (Å²) in [6.07, 6.45) is 0. The lowest BCUT2D eigenvalue weighted by molar-refractivity contribution is -0.953. The highest BCUT2D eigenvalue weighted by molar-refractivity contribution is 5.96. The van der Waals surface area contributed by atoms with Gasteiger partial charge in [0.05, 0.1) is 19.6 Å². The summed E-state index contributed by atoms with van der Waals surface area (Å²) in [6, 6.07) is 7.09. The Morgan fingerprint density at radius 2 is 1.64 bits per heavy atom. The molecule has 3 aliphatic heterocycles. The zero-order valence-electron chi connectivity index (χ0n) is 13.3. The van der Waals surface area contributed by atoms with Crippen LogP contribution in [-0.2, 0) is 4.79 Å². The molecule has 0 aromatic heterocycles. The van der Waals surface area contributed by atoms with Gasteiger partial charge in [0, 0.05) is 30.9 Å². The molecule has 0 unspecified atom stereocenters. The fourth-order valence-electron chi connectivity index (χ4n) is 3.56. The number of nitrogens with one attached hydrogen (secondary N) is 1. The highest BCUT2D eigenvalue weighted by Gasteiger charge is 2.45. The Balaban J connectivity index is 1.67. The largest absolute Gasteiger partial charge is 0.321 e. The fraction of sp³-hybridized carbons (Fsp3) is 0.529. The quantitative estimate of drug-likeness (QED) is 0.675. The van der Waals surface area contributed by atoms with Gasteiger partial charge in [-0.25, -0.2) is 0 Å². The van der Waals surface area contributed by atoms with Crippen molar-refractivity contribution in [1.82, 2.24) is 4.90 Å². The Labute approximate surface area is 131 Å². The molecule has 2 bridgehead atoms. The molecule has 5 heteroatoms. The van der Waals surface area contributed by atoms with Gasteiger partial charge in [-0.2, -0.15) is 0 Å². The zero-order chi connectivity index (χ0) is 15.7. The number of quaternary nitrogens is 1. The van der Waals surface area contributed by atoms with E-state index < -0.39 is 0 Å². The number of rotatable bonds is 4. The number of fused-ring (bicyclic) bond motifs is 3. The molecule has 0 saturated carbocycles. The van der Waals surface area contributed by atoms with Crippen molar-refractivity contribution >= 4 is 17.4 Å². The molecule has 3 saturated heterocycles. The van der Waals surface area contributed by atoms with Gasteiger partial charge in [-0.05, 0) is 38.1 Å². The first-order chi connectivity index (χ1) is 10.5. The van der Waals surface area contributed by atoms with Crippen LogP contribution in [0.5, 0.6) is 0 Å². The molecular formula is C17H24N3O2+. The Kier molecular flexibility index (Phi) is 4.02. The van der Waals surface area contributed by atoms with Crippen LogP contribution in [0.15, 0.2) is 24.3 Å². The smallest absolute Gasteiger partial charge is 0.282 e. The topological polar surface area (TPSA) is 49.4 Å². The average molecular weight is 302 g/mol. The van der Waals surface area contributed by atoms with Gasteiger partial charge in [0.25, 0.3) is 5.91 Å². The van der Waals surface area contributed by atoms with Crippen molar-refractivity contribution in [3.63, 3.8) is 0 Å². The molecule has 4 rings (SSSR count). The monoisotopic (exact) mass is 302 g/mol. The van der Waals surface area contributed by atoms with E-state index in [1.807, 2.05) is 6.92 Å². The lowest BCUT2D eigenvalue weighted by Crippen LogP contribution is -2.72. The molecule has 22 heavy (non-hydrogen) atoms. The maximum Gasteiger partial charge on any atom is 0.282 e. The lowest BCUT2D eigenvalue weighted by atomic mass is 10.1. The van der Waals surface area contributed by atoms with Gasteiger partial charge in [0.2, 0.25) is 0 Å². The second kappa shape index (κ2) is 5.82. The van der Waals surface area contributed by atoms with Crippen LogP contribution in [0.2, 0.25) is 0 Å². The van der Waals surface area contributed by atoms with Crippen molar-refractivity contribution in [3.05, 3.63) is 29.8 Å². The van der Waals surface area contributed by atoms with Crippen molar-refractivity contribution in [1.29, 1.82) is 0 Å². The number of hydrogen-bond acceptors (Lipinski definition) is 3. The van der Waals surface area contributed by atoms with E-state index in [2.05, 4.69) is 10.2 Å². The molecule has 3 fully saturated rings. The van der Waals surface area contributed by atoms with E-state index >= 15 is 0 Å². The Morgan fingerprint density at radius 1 is 1.09 bits per heavy atom. The fourth-order valence-corrected chi connectivity index (χ4v) is 3.56. The van der Waals surface area contributed by atoms with Gasteiger partial charge in [-0.3, -0.25) is 14.5 Å². The summed E-state index contributed by atoms with van der Waals surface area (Å²) < 4.78 is 0.911. The van der Waals surface area contributed by atoms with Gasteiger partial charge >= 0.3 is 0 Å². The van der Waals surface area contributed by atoms with Crippen LogP contribution in [-0.4, -0.2) is 66.4 Å². The van der Waals surface area contributed by atoms with Crippen LogP contribution in [0, 0.1) is 0 Å². The second-order valence-electron chi connectivity index (χ2n) is 6.53. The van der Waals surface area contributed by atoms with Crippen molar-refractivity contribution in [2.75, 3.05) is 44.6 Å². The summed E-state index contributed by atoms with van der Waals surface area (Å²) in [6.45, 7) is 10.1. The zero-order valence-corrected chi connectivity index (χ0v) is 13.3. The number of piperazine rings is 3. The lowest BCUT2D eigenvalue weighted by Gasteiger charge is -2.52. The van der Waals surface area contributed by atoms with Crippen molar-refractivity contribution in [2.24, 2.45) is 0 Å². The molecule has 0 radical (unpaired) electrons. The molecule has 3 aliphatic rings. The predicted molar refractivity (Wildman–Crippen MR) is 85.8 cm³/mol. The van der Waals surface area contributed by atoms with E-state index in [0.717, 1.165) is 49.4 Å². The average Bonchev–Trinajstić information content (AvgIpc) is 2.56. The molecule has 1 aromatic carbocycles. The van der Waals surface area contributed by atoms with E-state index in [9.17, 15) is 9.59 Å². The third-order valence-electron chi connectivity index (χ3n) is 5.34. The minimum absolute atomic E-state index is 0.0325. The van der Waals surface area contributed by atoms with Crippen LogP contribution < -0.4 is 5.32 Å². The van der Waals surface area contributed by atoms with Gasteiger partial charge in [0.1, 0.15) is 0 Å². The van der Waals surface area contributed by atoms with E-state index in [-0.39, 0.29) is 17.7 Å². The third kappa shape index (κ3) is 2.78. The van der Waals surface area contributed by atoms with Crippen LogP contribution in [0.4, 0.5) is 5.69 Å². The molecule has 0 spiro atoms. The van der Waals surface area contributed by atoms with Gasteiger partial charge in [0.15, 0.2) is 11.8 Å². The van der Waals surface area contributed by atoms with E-state index in [4.69, 9.17) is 0 Å². The van der Waals surface area contributed by atoms with E-state index in [1.165, 1.54) is 0 Å². The Bertz CT molecular complexity index is 560. The number of anilines is 1. The summed E-state index contributed by atoms with van der Waals surface area (Å²) >= 11 is 0. The van der Waals surface area contributed by atoms with Crippen LogP contribution in [0.1, 0.15) is 24.2 Å². The third-order valence-corrected chi connectivity index (χ3v) is 5.34. The number of carbonyl (C=O) groups excluding carboxylic acids is 2. The predicted octanol–water partition coefficient (Wildman–Crippen LogP) is 1.36. The number of hydrogen-bond donors (Lipinski definition) is 1. The van der Waals surface area contributed by atoms with E-state index in [1.54, 1.807) is 31.2 Å². The maximum absolute atomic E-state index is 12.6. The first-order valence-electron chi connectivity index (χ1n) is 8.00. The SMILES string of the molecule is CC(=O)c1ccc(NC(=O)[C@H](C)[N+]23CCN(CC2)CC3)cc1. The summed E-state index contributed by atoms with van der Waals surface area (Å²) in [5.74, 6) is 0.113. The Hall–Kier alpha value is -1.72. The minimum Gasteiger partial charge on any atom is -0.321 e. The second-order valence-corrected chi connectivity index (χ2v) is 6.53. The van der Waals surface area contributed by atoms with E-state index in [0.29, 0.717) is 5.56 Å². The van der Waals surface area contributed by atoms with Crippen LogP contribution in [0.25, 0.3) is 0 Å². The first kappa shape index (κ1) is 15.2. The van der Waals surface area contributed by atoms with Crippen molar-refractivity contribution < 1.29 is 14.1 Å². The summed E-state index contributed by atoms with van der Waals surface area (Å²) in [7, 11) is 0.